The van der Waals surface area contributed by atoms with Crippen molar-refractivity contribution < 1.29 is 4.74 Å². The Morgan fingerprint density at radius 3 is 2.83 bits per heavy atom. The molecule has 0 saturated heterocycles. The summed E-state index contributed by atoms with van der Waals surface area (Å²) in [5, 5.41) is 5.67. The zero-order valence-corrected chi connectivity index (χ0v) is 15.0. The third kappa shape index (κ3) is 4.38. The first kappa shape index (κ1) is 14.6. The quantitative estimate of drug-likeness (QED) is 0.280. The van der Waals surface area contributed by atoms with Crippen molar-refractivity contribution in [1.29, 1.82) is 0 Å². The lowest BCUT2D eigenvalue weighted by atomic mass is 10.3. The Balaban J connectivity index is 1.80. The summed E-state index contributed by atoms with van der Waals surface area (Å²) in [5.41, 5.74) is 0. The minimum Gasteiger partial charge on any atom is -0.482 e. The largest absolute Gasteiger partial charge is 0.482 e. The van der Waals surface area contributed by atoms with Gasteiger partial charge in [-0.1, -0.05) is 0 Å². The Morgan fingerprint density at radius 1 is 1.33 bits per heavy atom. The first-order valence-electron chi connectivity index (χ1n) is 4.94. The van der Waals surface area contributed by atoms with Crippen LogP contribution in [0.4, 0.5) is 0 Å². The molecule has 2 aromatic rings. The molecular weight excluding hydrogens is 496 g/mol. The second-order valence-electron chi connectivity index (χ2n) is 3.30. The molecule has 0 spiro atoms. The highest BCUT2D eigenvalue weighted by atomic mass is 127. The topological polar surface area (TPSA) is 53.7 Å². The van der Waals surface area contributed by atoms with Gasteiger partial charge in [-0.3, -0.25) is 10.2 Å². The lowest BCUT2D eigenvalue weighted by Gasteiger charge is -2.07. The number of nitrogens with one attached hydrogen (secondary N) is 2. The van der Waals surface area contributed by atoms with E-state index in [1.165, 1.54) is 3.57 Å². The summed E-state index contributed by atoms with van der Waals surface area (Å²) < 4.78 is 8.51. The molecule has 0 atom stereocenters. The number of ether oxygens (including phenoxy) is 1. The third-order valence-electron chi connectivity index (χ3n) is 1.98. The first-order valence-corrected chi connectivity index (χ1v) is 8.66. The van der Waals surface area contributed by atoms with Crippen LogP contribution in [0.15, 0.2) is 18.2 Å². The third-order valence-corrected chi connectivity index (χ3v) is 4.45. The smallest absolute Gasteiger partial charge is 0.213 e. The number of hydrogen-bond acceptors (Lipinski definition) is 4. The number of thioether (sulfide) groups is 1. The van der Waals surface area contributed by atoms with Crippen molar-refractivity contribution in [3.63, 3.8) is 0 Å². The number of aromatic nitrogens is 3. The van der Waals surface area contributed by atoms with Gasteiger partial charge >= 0.3 is 0 Å². The molecule has 18 heavy (non-hydrogen) atoms. The average Bonchev–Trinajstić information content (AvgIpc) is 2.73. The molecule has 1 aromatic heterocycles. The van der Waals surface area contributed by atoms with Crippen LogP contribution in [0.2, 0.25) is 0 Å². The van der Waals surface area contributed by atoms with Crippen molar-refractivity contribution in [3.8, 4) is 5.75 Å². The highest BCUT2D eigenvalue weighted by Gasteiger charge is 2.02. The molecule has 96 valence electrons. The molecule has 0 aliphatic carbocycles. The summed E-state index contributed by atoms with van der Waals surface area (Å²) >= 11 is 11.1. The molecule has 0 unspecified atom stereocenters. The van der Waals surface area contributed by atoms with Gasteiger partial charge in [0.05, 0.1) is 9.32 Å². The van der Waals surface area contributed by atoms with Gasteiger partial charge in [-0.05, 0) is 75.6 Å². The number of nitrogens with zero attached hydrogens (tertiary/aromatic N) is 1. The van der Waals surface area contributed by atoms with E-state index in [2.05, 4.69) is 66.4 Å². The maximum atomic E-state index is 5.69. The summed E-state index contributed by atoms with van der Waals surface area (Å²) in [5.74, 6) is 3.09. The molecule has 0 amide bonds. The average molecular weight is 505 g/mol. The highest BCUT2D eigenvalue weighted by molar-refractivity contribution is 14.1. The van der Waals surface area contributed by atoms with Gasteiger partial charge in [0.1, 0.15) is 17.5 Å². The number of benzene rings is 1. The number of aromatic amines is 2. The van der Waals surface area contributed by atoms with Crippen molar-refractivity contribution in [2.75, 3.05) is 5.94 Å². The predicted molar refractivity (Wildman–Crippen MR) is 92.4 cm³/mol. The Kier molecular flexibility index (Phi) is 5.76. The normalized spacial score (nSPS) is 10.6. The van der Waals surface area contributed by atoms with E-state index >= 15 is 0 Å². The fourth-order valence-electron chi connectivity index (χ4n) is 1.21. The molecule has 0 saturated carbocycles. The van der Waals surface area contributed by atoms with E-state index in [0.29, 0.717) is 10.7 Å². The molecule has 2 N–H and O–H groups in total. The number of hydrogen-bond donors (Lipinski definition) is 2. The van der Waals surface area contributed by atoms with E-state index in [9.17, 15) is 0 Å². The van der Waals surface area contributed by atoms with E-state index < -0.39 is 0 Å². The van der Waals surface area contributed by atoms with Gasteiger partial charge in [0, 0.05) is 3.57 Å². The van der Waals surface area contributed by atoms with Gasteiger partial charge < -0.3 is 4.74 Å². The van der Waals surface area contributed by atoms with Gasteiger partial charge in [-0.15, -0.1) is 11.8 Å². The number of H-pyrrole nitrogens is 2. The minimum absolute atomic E-state index is 0.485. The van der Waals surface area contributed by atoms with Crippen LogP contribution in [0.1, 0.15) is 5.82 Å². The minimum atomic E-state index is 0.485. The Labute approximate surface area is 141 Å². The van der Waals surface area contributed by atoms with Crippen LogP contribution in [-0.4, -0.2) is 21.1 Å². The highest BCUT2D eigenvalue weighted by Crippen LogP contribution is 2.24. The van der Waals surface area contributed by atoms with E-state index in [-0.39, 0.29) is 0 Å². The van der Waals surface area contributed by atoms with Crippen LogP contribution < -0.4 is 4.74 Å². The van der Waals surface area contributed by atoms with Crippen LogP contribution >= 0.6 is 69.2 Å². The van der Waals surface area contributed by atoms with Crippen molar-refractivity contribution in [1.82, 2.24) is 15.2 Å². The van der Waals surface area contributed by atoms with Crippen molar-refractivity contribution >= 4 is 69.2 Å². The molecule has 8 heteroatoms. The molecule has 0 radical (unpaired) electrons. The summed E-state index contributed by atoms with van der Waals surface area (Å²) in [4.78, 5) is 4.11. The summed E-state index contributed by atoms with van der Waals surface area (Å²) in [7, 11) is 0. The second-order valence-corrected chi connectivity index (χ2v) is 7.03. The molecule has 2 rings (SSSR count). The molecule has 1 aromatic carbocycles. The van der Waals surface area contributed by atoms with Gasteiger partial charge in [0.2, 0.25) is 4.77 Å². The number of halogens is 2. The number of rotatable bonds is 5. The predicted octanol–water partition coefficient (Wildman–Crippen LogP) is 3.95. The zero-order chi connectivity index (χ0) is 13.0. The van der Waals surface area contributed by atoms with Gasteiger partial charge in [-0.2, -0.15) is 0 Å². The lowest BCUT2D eigenvalue weighted by Crippen LogP contribution is -1.96. The molecule has 0 fully saturated rings. The molecule has 1 heterocycles. The van der Waals surface area contributed by atoms with Crippen LogP contribution in [0.5, 0.6) is 5.75 Å². The van der Waals surface area contributed by atoms with Crippen LogP contribution in [-0.2, 0) is 5.75 Å². The summed E-state index contributed by atoms with van der Waals surface area (Å²) in [6.45, 7) is 0. The summed E-state index contributed by atoms with van der Waals surface area (Å²) in [6, 6.07) is 6.12. The monoisotopic (exact) mass is 505 g/mol. The molecule has 4 nitrogen and oxygen atoms in total. The van der Waals surface area contributed by atoms with Gasteiger partial charge in [-0.25, -0.2) is 4.98 Å². The second kappa shape index (κ2) is 7.10. The lowest BCUT2D eigenvalue weighted by molar-refractivity contribution is 0.390. The molecule has 0 aliphatic rings. The van der Waals surface area contributed by atoms with Crippen molar-refractivity contribution in [3.05, 3.63) is 35.9 Å². The maximum Gasteiger partial charge on any atom is 0.213 e. The Morgan fingerprint density at radius 2 is 2.17 bits per heavy atom. The maximum absolute atomic E-state index is 5.69. The first-order chi connectivity index (χ1) is 8.65. The standard InChI is InChI=1S/C10H9I2N3OS2/c11-6-1-2-8(7(12)3-6)16-5-18-4-9-13-10(17)15-14-9/h1-3H,4-5H2,(H2,13,14,15,17). The van der Waals surface area contributed by atoms with E-state index in [0.717, 1.165) is 20.9 Å². The van der Waals surface area contributed by atoms with Crippen LogP contribution in [0, 0.1) is 11.9 Å². The van der Waals surface area contributed by atoms with Crippen molar-refractivity contribution in [2.24, 2.45) is 0 Å². The van der Waals surface area contributed by atoms with E-state index in [1.807, 2.05) is 12.1 Å². The fraction of sp³-hybridized carbons (Fsp3) is 0.200. The zero-order valence-electron chi connectivity index (χ0n) is 9.07. The molecular formula is C10H9I2N3OS2. The molecule has 0 bridgehead atoms. The molecule has 0 aliphatic heterocycles. The van der Waals surface area contributed by atoms with Gasteiger partial charge in [0.25, 0.3) is 0 Å². The Hall–Kier alpha value is 0.190. The van der Waals surface area contributed by atoms with Crippen molar-refractivity contribution in [2.45, 2.75) is 5.75 Å². The van der Waals surface area contributed by atoms with E-state index in [1.54, 1.807) is 11.8 Å². The van der Waals surface area contributed by atoms with Crippen LogP contribution in [0.3, 0.4) is 0 Å². The fourth-order valence-corrected chi connectivity index (χ4v) is 3.75. The Bertz CT molecular complexity index is 584. The SMILES string of the molecule is S=c1nc(CSCOc2ccc(I)cc2I)[nH][nH]1. The summed E-state index contributed by atoms with van der Waals surface area (Å²) in [6.07, 6.45) is 0. The van der Waals surface area contributed by atoms with Gasteiger partial charge in [0.15, 0.2) is 0 Å². The van der Waals surface area contributed by atoms with E-state index in [4.69, 9.17) is 17.0 Å². The van der Waals surface area contributed by atoms with Crippen LogP contribution in [0.25, 0.3) is 0 Å².